The van der Waals surface area contributed by atoms with Gasteiger partial charge in [-0.1, -0.05) is 0 Å². The average molecular weight is 917 g/mol. The quantitative estimate of drug-likeness (QED) is 0.268. The zero-order valence-corrected chi connectivity index (χ0v) is 38.2. The minimum absolute atomic E-state index is 0. The molecule has 308 valence electrons. The van der Waals surface area contributed by atoms with E-state index in [-0.39, 0.29) is 39.8 Å². The smallest absolute Gasteiger partial charge is 0.147 e. The van der Waals surface area contributed by atoms with Gasteiger partial charge in [0.1, 0.15) is 0 Å². The molecule has 0 aromatic heterocycles. The van der Waals surface area contributed by atoms with E-state index in [0.29, 0.717) is 20.8 Å². The molecule has 9 unspecified atom stereocenters. The van der Waals surface area contributed by atoms with Crippen LogP contribution in [0.5, 0.6) is 0 Å². The number of halogens is 8. The molecule has 0 radical (unpaired) electrons. The fraction of sp³-hybridized carbons (Fsp3) is 0.408. The van der Waals surface area contributed by atoms with Crippen molar-refractivity contribution in [1.29, 1.82) is 0 Å². The molecule has 9 heteroatoms. The standard InChI is InChI=1S/C29H37.C15H8F6.C5H5.2ClH.Zr/c1-21-14-13-15-22-20-27(6)25(4)18-10-9-16-23(25,2)24(3)17-11-12-19-26(24,5)29(27,8)28(21,22)7;16-14(17,18)12-5-1-3-10(8-12)7-11-4-2-6-13(9-11)15(19,20)21;1-2-4-5-3-1;;;/h9-20,22H,1-8H3;1-6,8-9H;1-3H,4H2;2*1H;. The summed E-state index contributed by atoms with van der Waals surface area (Å²) in [6.07, 6.45) is 22.8. The van der Waals surface area contributed by atoms with Crippen LogP contribution in [0.1, 0.15) is 84.1 Å². The second kappa shape index (κ2) is 14.2. The molecule has 58 heavy (non-hydrogen) atoms. The van der Waals surface area contributed by atoms with Gasteiger partial charge in [-0.2, -0.15) is 0 Å². The molecular formula is C49H52Cl2F6Zr. The van der Waals surface area contributed by atoms with Crippen LogP contribution in [0.2, 0.25) is 3.63 Å². The molecular weight excluding hydrogens is 865 g/mol. The Morgan fingerprint density at radius 1 is 0.621 bits per heavy atom. The summed E-state index contributed by atoms with van der Waals surface area (Å²) in [6, 6.07) is 10.8. The number of hydrogen-bond acceptors (Lipinski definition) is 0. The number of fused-ring (bicyclic) bond motifs is 8. The van der Waals surface area contributed by atoms with Gasteiger partial charge in [0, 0.05) is 0 Å². The van der Waals surface area contributed by atoms with Gasteiger partial charge in [-0.15, -0.1) is 24.8 Å². The van der Waals surface area contributed by atoms with E-state index in [4.69, 9.17) is 0 Å². The van der Waals surface area contributed by atoms with Crippen LogP contribution in [0, 0.1) is 43.8 Å². The second-order valence-electron chi connectivity index (χ2n) is 18.3. The number of allylic oxidation sites excluding steroid dienone is 16. The van der Waals surface area contributed by atoms with Gasteiger partial charge >= 0.3 is 337 Å². The van der Waals surface area contributed by atoms with Crippen molar-refractivity contribution in [2.75, 3.05) is 0 Å². The molecule has 0 bridgehead atoms. The molecule has 6 aliphatic carbocycles. The zero-order chi connectivity index (χ0) is 40.5. The number of benzene rings is 2. The van der Waals surface area contributed by atoms with Gasteiger partial charge in [-0.05, 0) is 0 Å². The van der Waals surface area contributed by atoms with Crippen LogP contribution in [-0.4, -0.2) is 3.21 Å². The van der Waals surface area contributed by atoms with Crippen LogP contribution in [0.15, 0.2) is 142 Å². The first-order valence-electron chi connectivity index (χ1n) is 19.6. The van der Waals surface area contributed by atoms with Gasteiger partial charge in [-0.25, -0.2) is 0 Å². The number of alkyl halides is 6. The summed E-state index contributed by atoms with van der Waals surface area (Å²) in [5, 5.41) is 0. The maximum absolute atomic E-state index is 14.6. The second-order valence-corrected chi connectivity index (χ2v) is 24.7. The van der Waals surface area contributed by atoms with E-state index in [1.54, 1.807) is 12.1 Å². The van der Waals surface area contributed by atoms with E-state index in [0.717, 1.165) is 12.1 Å². The van der Waals surface area contributed by atoms with Crippen LogP contribution < -0.4 is 0 Å². The maximum atomic E-state index is 14.6. The topological polar surface area (TPSA) is 0 Å². The van der Waals surface area contributed by atoms with Gasteiger partial charge in [0.25, 0.3) is 0 Å². The van der Waals surface area contributed by atoms with Crippen molar-refractivity contribution in [3.05, 3.63) is 165 Å². The third kappa shape index (κ3) is 5.33. The summed E-state index contributed by atoms with van der Waals surface area (Å²) in [6.45, 7) is 19.3. The summed E-state index contributed by atoms with van der Waals surface area (Å²) >= 11 is -3.82. The average Bonchev–Trinajstić information content (AvgIpc) is 3.73. The monoisotopic (exact) mass is 914 g/mol. The predicted molar refractivity (Wildman–Crippen MR) is 226 cm³/mol. The Kier molecular flexibility index (Phi) is 10.9. The fourth-order valence-corrected chi connectivity index (χ4v) is 24.7. The molecule has 0 amide bonds. The SMILES string of the molecule is CC1=CC=CC2[CH]([Zr]([C]3=CC=CC3)=[C](c3cccc(C(F)(F)F)c3)c3cccc(C(F)(F)F)c3)C3(C)C4(C)C=CC=CC4(C)C4(C)C=CC=CC4(C)C3(C)C12C.Cl.Cl. The Morgan fingerprint density at radius 3 is 1.59 bits per heavy atom. The fourth-order valence-electron chi connectivity index (χ4n) is 13.6. The van der Waals surface area contributed by atoms with E-state index in [1.807, 2.05) is 6.08 Å². The first-order chi connectivity index (χ1) is 26.1. The normalized spacial score (nSPS) is 37.8. The first kappa shape index (κ1) is 44.8. The first-order valence-corrected chi connectivity index (χ1v) is 23.5. The van der Waals surface area contributed by atoms with Crippen LogP contribution >= 0.6 is 24.8 Å². The van der Waals surface area contributed by atoms with Crippen molar-refractivity contribution in [3.8, 4) is 0 Å². The van der Waals surface area contributed by atoms with Gasteiger partial charge < -0.3 is 0 Å². The summed E-state index contributed by atoms with van der Waals surface area (Å²) < 4.78 is 89.5. The summed E-state index contributed by atoms with van der Waals surface area (Å²) in [5.74, 6) is -0.0520. The summed E-state index contributed by atoms with van der Waals surface area (Å²) in [5.41, 5.74) is -2.79. The molecule has 2 saturated carbocycles. The van der Waals surface area contributed by atoms with E-state index in [9.17, 15) is 26.3 Å². The van der Waals surface area contributed by atoms with Crippen molar-refractivity contribution < 1.29 is 47.6 Å². The van der Waals surface area contributed by atoms with Crippen LogP contribution in [0.4, 0.5) is 26.3 Å². The van der Waals surface area contributed by atoms with E-state index < -0.39 is 77.2 Å². The molecule has 0 heterocycles. The zero-order valence-electron chi connectivity index (χ0n) is 34.1. The van der Waals surface area contributed by atoms with E-state index >= 15 is 0 Å². The minimum atomic E-state index is -4.63. The number of rotatable bonds is 4. The molecule has 6 aliphatic rings. The van der Waals surface area contributed by atoms with Gasteiger partial charge in [0.2, 0.25) is 0 Å². The van der Waals surface area contributed by atoms with E-state index in [2.05, 4.69) is 134 Å². The van der Waals surface area contributed by atoms with Crippen molar-refractivity contribution in [1.82, 2.24) is 0 Å². The Morgan fingerprint density at radius 2 is 1.10 bits per heavy atom. The molecule has 0 N–H and O–H groups in total. The summed E-state index contributed by atoms with van der Waals surface area (Å²) in [7, 11) is 0. The van der Waals surface area contributed by atoms with Crippen molar-refractivity contribution in [2.45, 2.75) is 77.8 Å². The van der Waals surface area contributed by atoms with Crippen LogP contribution in [0.3, 0.4) is 0 Å². The molecule has 0 aliphatic heterocycles. The largest absolute Gasteiger partial charge is 0.147 e. The third-order valence-corrected chi connectivity index (χ3v) is 26.3. The van der Waals surface area contributed by atoms with Crippen molar-refractivity contribution >= 4 is 28.0 Å². The third-order valence-electron chi connectivity index (χ3n) is 17.2. The minimum Gasteiger partial charge on any atom is -0.147 e. The molecule has 2 aromatic carbocycles. The van der Waals surface area contributed by atoms with Crippen molar-refractivity contribution in [3.63, 3.8) is 0 Å². The molecule has 0 saturated heterocycles. The number of hydrogen-bond donors (Lipinski definition) is 0. The van der Waals surface area contributed by atoms with Gasteiger partial charge in [0.05, 0.1) is 0 Å². The Bertz CT molecular complexity index is 2260. The van der Waals surface area contributed by atoms with Gasteiger partial charge in [0.15, 0.2) is 0 Å². The Balaban J connectivity index is 0.00000283. The molecule has 0 spiro atoms. The molecule has 0 nitrogen and oxygen atoms in total. The molecule has 8 rings (SSSR count). The van der Waals surface area contributed by atoms with Crippen molar-refractivity contribution in [2.24, 2.45) is 43.8 Å². The van der Waals surface area contributed by atoms with Gasteiger partial charge in [-0.3, -0.25) is 0 Å². The predicted octanol–water partition coefficient (Wildman–Crippen LogP) is 14.8. The maximum Gasteiger partial charge on any atom is -0.147 e. The Hall–Kier alpha value is -2.73. The molecule has 2 fully saturated rings. The molecule has 2 aromatic rings. The van der Waals surface area contributed by atoms with Crippen LogP contribution in [-0.2, 0) is 33.6 Å². The Labute approximate surface area is 359 Å². The summed E-state index contributed by atoms with van der Waals surface area (Å²) in [4.78, 5) is 0. The molecule has 9 atom stereocenters. The van der Waals surface area contributed by atoms with Crippen LogP contribution in [0.25, 0.3) is 0 Å². The van der Waals surface area contributed by atoms with E-state index in [1.165, 1.54) is 33.1 Å².